The second kappa shape index (κ2) is 6.19. The van der Waals surface area contributed by atoms with Gasteiger partial charge >= 0.3 is 0 Å². The molecule has 1 heteroatoms. The van der Waals surface area contributed by atoms with Crippen LogP contribution in [0.4, 0.5) is 0 Å². The van der Waals surface area contributed by atoms with E-state index >= 15 is 0 Å². The van der Waals surface area contributed by atoms with Gasteiger partial charge in [0, 0.05) is 4.83 Å². The second-order valence-corrected chi connectivity index (χ2v) is 5.86. The Labute approximate surface area is 118 Å². The summed E-state index contributed by atoms with van der Waals surface area (Å²) < 4.78 is 0. The Morgan fingerprint density at radius 2 is 1.44 bits per heavy atom. The maximum absolute atomic E-state index is 3.79. The van der Waals surface area contributed by atoms with Crippen molar-refractivity contribution in [3.63, 3.8) is 0 Å². The topological polar surface area (TPSA) is 0 Å². The molecular weight excluding hydrogens is 284 g/mol. The number of halogens is 1. The van der Waals surface area contributed by atoms with E-state index in [1.807, 2.05) is 0 Å². The van der Waals surface area contributed by atoms with Crippen LogP contribution in [0.5, 0.6) is 0 Å². The molecule has 0 aliphatic heterocycles. The Bertz CT molecular complexity index is 482. The van der Waals surface area contributed by atoms with Gasteiger partial charge in [-0.2, -0.15) is 0 Å². The summed E-state index contributed by atoms with van der Waals surface area (Å²) >= 11 is 3.79. The van der Waals surface area contributed by atoms with Crippen molar-refractivity contribution in [1.82, 2.24) is 0 Å². The van der Waals surface area contributed by atoms with Gasteiger partial charge in [-0.15, -0.1) is 0 Å². The average Bonchev–Trinajstić information content (AvgIpc) is 2.41. The molecule has 0 aromatic heterocycles. The second-order valence-electron chi connectivity index (χ2n) is 4.75. The third-order valence-corrected chi connectivity index (χ3v) is 4.14. The fourth-order valence-corrected chi connectivity index (χ4v) is 2.69. The van der Waals surface area contributed by atoms with Crippen LogP contribution in [-0.4, -0.2) is 0 Å². The molecule has 0 spiro atoms. The van der Waals surface area contributed by atoms with Crippen LogP contribution in [0.25, 0.3) is 0 Å². The zero-order valence-corrected chi connectivity index (χ0v) is 12.6. The molecule has 2 rings (SSSR count). The summed E-state index contributed by atoms with van der Waals surface area (Å²) in [6.45, 7) is 4.31. The average molecular weight is 303 g/mol. The van der Waals surface area contributed by atoms with Crippen molar-refractivity contribution in [2.24, 2.45) is 0 Å². The molecular formula is C17H19Br. The Kier molecular flexibility index (Phi) is 4.60. The Balaban J connectivity index is 2.06. The van der Waals surface area contributed by atoms with Crippen molar-refractivity contribution in [3.8, 4) is 0 Å². The highest BCUT2D eigenvalue weighted by Gasteiger charge is 2.08. The molecule has 0 saturated heterocycles. The summed E-state index contributed by atoms with van der Waals surface area (Å²) in [6, 6.07) is 17.7. The van der Waals surface area contributed by atoms with E-state index < -0.39 is 0 Å². The van der Waals surface area contributed by atoms with Crippen LogP contribution in [0.3, 0.4) is 0 Å². The molecule has 2 aromatic rings. The molecule has 0 aliphatic rings. The van der Waals surface area contributed by atoms with Gasteiger partial charge in [-0.1, -0.05) is 76.9 Å². The largest absolute Gasteiger partial charge is 0.0835 e. The number of alkyl halides is 1. The summed E-state index contributed by atoms with van der Waals surface area (Å²) in [5.74, 6) is 0. The van der Waals surface area contributed by atoms with E-state index in [0.717, 1.165) is 12.8 Å². The van der Waals surface area contributed by atoms with Crippen LogP contribution in [0.1, 0.15) is 34.0 Å². The SMILES string of the molecule is CCc1ccc(C(Br)Cc2ccc(C)cc2)cc1. The summed E-state index contributed by atoms with van der Waals surface area (Å²) in [5.41, 5.74) is 5.45. The first-order valence-corrected chi connectivity index (χ1v) is 7.39. The maximum Gasteiger partial charge on any atom is 0.0435 e. The van der Waals surface area contributed by atoms with Gasteiger partial charge < -0.3 is 0 Å². The molecule has 0 heterocycles. The molecule has 0 fully saturated rings. The van der Waals surface area contributed by atoms with E-state index in [0.29, 0.717) is 4.83 Å². The standard InChI is InChI=1S/C17H19Br/c1-3-14-8-10-16(11-9-14)17(18)12-15-6-4-13(2)5-7-15/h4-11,17H,3,12H2,1-2H3. The third-order valence-electron chi connectivity index (χ3n) is 3.29. The van der Waals surface area contributed by atoms with Gasteiger partial charge in [0.25, 0.3) is 0 Å². The molecule has 1 unspecified atom stereocenters. The molecule has 1 atom stereocenters. The highest BCUT2D eigenvalue weighted by molar-refractivity contribution is 9.09. The summed E-state index contributed by atoms with van der Waals surface area (Å²) in [6.07, 6.45) is 2.14. The zero-order chi connectivity index (χ0) is 13.0. The lowest BCUT2D eigenvalue weighted by molar-refractivity contribution is 0.945. The van der Waals surface area contributed by atoms with Crippen molar-refractivity contribution in [1.29, 1.82) is 0 Å². The van der Waals surface area contributed by atoms with Gasteiger partial charge in [-0.05, 0) is 36.5 Å². The lowest BCUT2D eigenvalue weighted by Crippen LogP contribution is -1.95. The fourth-order valence-electron chi connectivity index (χ4n) is 2.01. The van der Waals surface area contributed by atoms with E-state index in [1.165, 1.54) is 22.3 Å². The molecule has 0 saturated carbocycles. The van der Waals surface area contributed by atoms with Gasteiger partial charge in [0.1, 0.15) is 0 Å². The van der Waals surface area contributed by atoms with Gasteiger partial charge in [0.2, 0.25) is 0 Å². The number of rotatable bonds is 4. The normalized spacial score (nSPS) is 12.4. The number of benzene rings is 2. The molecule has 0 radical (unpaired) electrons. The first-order chi connectivity index (χ1) is 8.69. The minimum atomic E-state index is 0.395. The number of aryl methyl sites for hydroxylation is 2. The fraction of sp³-hybridized carbons (Fsp3) is 0.294. The minimum Gasteiger partial charge on any atom is -0.0835 e. The van der Waals surface area contributed by atoms with Crippen molar-refractivity contribution < 1.29 is 0 Å². The molecule has 94 valence electrons. The lowest BCUT2D eigenvalue weighted by atomic mass is 10.0. The van der Waals surface area contributed by atoms with Crippen molar-refractivity contribution >= 4 is 15.9 Å². The van der Waals surface area contributed by atoms with E-state index in [4.69, 9.17) is 0 Å². The quantitative estimate of drug-likeness (QED) is 0.678. The van der Waals surface area contributed by atoms with E-state index in [9.17, 15) is 0 Å². The minimum absolute atomic E-state index is 0.395. The Hall–Kier alpha value is -1.08. The van der Waals surface area contributed by atoms with Crippen LogP contribution >= 0.6 is 15.9 Å². The van der Waals surface area contributed by atoms with Crippen molar-refractivity contribution in [2.45, 2.75) is 31.5 Å². The van der Waals surface area contributed by atoms with Gasteiger partial charge in [-0.3, -0.25) is 0 Å². The lowest BCUT2D eigenvalue weighted by Gasteiger charge is -2.11. The molecule has 2 aromatic carbocycles. The van der Waals surface area contributed by atoms with Crippen LogP contribution in [0, 0.1) is 6.92 Å². The van der Waals surface area contributed by atoms with Crippen LogP contribution < -0.4 is 0 Å². The first-order valence-electron chi connectivity index (χ1n) is 6.47. The molecule has 0 bridgehead atoms. The third kappa shape index (κ3) is 3.46. The molecule has 0 N–H and O–H groups in total. The summed E-state index contributed by atoms with van der Waals surface area (Å²) in [4.78, 5) is 0.395. The molecule has 0 aliphatic carbocycles. The Morgan fingerprint density at radius 1 is 0.889 bits per heavy atom. The number of hydrogen-bond donors (Lipinski definition) is 0. The summed E-state index contributed by atoms with van der Waals surface area (Å²) in [7, 11) is 0. The molecule has 18 heavy (non-hydrogen) atoms. The van der Waals surface area contributed by atoms with Crippen LogP contribution in [0.15, 0.2) is 48.5 Å². The smallest absolute Gasteiger partial charge is 0.0435 e. The van der Waals surface area contributed by atoms with Gasteiger partial charge in [0.05, 0.1) is 0 Å². The maximum atomic E-state index is 3.79. The predicted octanol–water partition coefficient (Wildman–Crippen LogP) is 5.24. The molecule has 0 nitrogen and oxygen atoms in total. The summed E-state index contributed by atoms with van der Waals surface area (Å²) in [5, 5.41) is 0. The van der Waals surface area contributed by atoms with Crippen molar-refractivity contribution in [2.75, 3.05) is 0 Å². The first kappa shape index (κ1) is 13.4. The Morgan fingerprint density at radius 3 is 2.00 bits per heavy atom. The van der Waals surface area contributed by atoms with Crippen molar-refractivity contribution in [3.05, 3.63) is 70.8 Å². The van der Waals surface area contributed by atoms with Crippen LogP contribution in [-0.2, 0) is 12.8 Å². The predicted molar refractivity (Wildman–Crippen MR) is 82.4 cm³/mol. The zero-order valence-electron chi connectivity index (χ0n) is 11.0. The van der Waals surface area contributed by atoms with Gasteiger partial charge in [-0.25, -0.2) is 0 Å². The van der Waals surface area contributed by atoms with Crippen LogP contribution in [0.2, 0.25) is 0 Å². The van der Waals surface area contributed by atoms with E-state index in [1.54, 1.807) is 0 Å². The highest BCUT2D eigenvalue weighted by atomic mass is 79.9. The van der Waals surface area contributed by atoms with Gasteiger partial charge in [0.15, 0.2) is 0 Å². The number of hydrogen-bond acceptors (Lipinski definition) is 0. The highest BCUT2D eigenvalue weighted by Crippen LogP contribution is 2.27. The van der Waals surface area contributed by atoms with E-state index in [-0.39, 0.29) is 0 Å². The van der Waals surface area contributed by atoms with E-state index in [2.05, 4.69) is 78.3 Å². The molecule has 0 amide bonds. The monoisotopic (exact) mass is 302 g/mol.